The highest BCUT2D eigenvalue weighted by Crippen LogP contribution is 2.49. The number of carbonyl (C=O) groups is 2. The maximum absolute atomic E-state index is 12.8. The second-order valence-corrected chi connectivity index (χ2v) is 14.9. The van der Waals surface area contributed by atoms with Crippen LogP contribution in [0.15, 0.2) is 0 Å². The lowest BCUT2D eigenvalue weighted by molar-refractivity contribution is -0.216. The fourth-order valence-corrected chi connectivity index (χ4v) is 6.89. The predicted molar refractivity (Wildman–Crippen MR) is 174 cm³/mol. The van der Waals surface area contributed by atoms with Gasteiger partial charge in [0.2, 0.25) is 5.91 Å². The molecule has 0 aliphatic heterocycles. The minimum Gasteiger partial charge on any atom is -0.460 e. The zero-order valence-electron chi connectivity index (χ0n) is 28.3. The zero-order chi connectivity index (χ0) is 36.2. The van der Waals surface area contributed by atoms with E-state index in [4.69, 9.17) is 23.6 Å². The van der Waals surface area contributed by atoms with Gasteiger partial charge in [0.15, 0.2) is 0 Å². The summed E-state index contributed by atoms with van der Waals surface area (Å²) in [7, 11) is -10.5. The Morgan fingerprint density at radius 3 is 1.67 bits per heavy atom. The number of phosphoric ester groups is 2. The number of unbranched alkanes of at least 4 members (excludes halogenated alkanes) is 12. The summed E-state index contributed by atoms with van der Waals surface area (Å²) < 4.78 is 43.5. The van der Waals surface area contributed by atoms with Crippen LogP contribution in [0.25, 0.3) is 0 Å². The number of hydrogen-bond donors (Lipinski definition) is 8. The van der Waals surface area contributed by atoms with Crippen LogP contribution in [0, 0.1) is 0 Å². The van der Waals surface area contributed by atoms with E-state index in [9.17, 15) is 44.0 Å². The van der Waals surface area contributed by atoms with Crippen LogP contribution >= 0.6 is 15.6 Å². The molecule has 0 heterocycles. The van der Waals surface area contributed by atoms with E-state index in [-0.39, 0.29) is 31.7 Å². The number of rotatable bonds is 27. The van der Waals surface area contributed by atoms with Crippen molar-refractivity contribution in [3.05, 3.63) is 0 Å². The number of phosphoric acid groups is 2. The highest BCUT2D eigenvalue weighted by atomic mass is 31.2. The molecule has 1 aliphatic rings. The quantitative estimate of drug-likeness (QED) is 0.0342. The smallest absolute Gasteiger partial charge is 0.460 e. The number of aliphatic hydroxyl groups excluding tert-OH is 4. The van der Waals surface area contributed by atoms with E-state index in [1.54, 1.807) is 0 Å². The SMILES string of the molecule is CCCCCCCCCCCCCCCC(=O)O[C@H](CCNC(=O)CCC)COP(=O)(O)OC1C(O)[C@@H](OP(=O)(O)O)C(O)[C@@H](O)[C@H]1O. The molecule has 48 heavy (non-hydrogen) atoms. The molecular weight excluding hydrogens is 676 g/mol. The van der Waals surface area contributed by atoms with Crippen molar-refractivity contribution < 1.29 is 72.1 Å². The minimum atomic E-state index is -5.33. The van der Waals surface area contributed by atoms with Crippen molar-refractivity contribution in [3.63, 3.8) is 0 Å². The molecule has 284 valence electrons. The number of aliphatic hydroxyl groups is 4. The summed E-state index contributed by atoms with van der Waals surface area (Å²) >= 11 is 0. The van der Waals surface area contributed by atoms with Crippen molar-refractivity contribution in [1.82, 2.24) is 5.32 Å². The maximum atomic E-state index is 12.8. The van der Waals surface area contributed by atoms with Gasteiger partial charge >= 0.3 is 21.6 Å². The van der Waals surface area contributed by atoms with Gasteiger partial charge in [-0.15, -0.1) is 0 Å². The monoisotopic (exact) mass is 735 g/mol. The molecule has 18 heteroatoms. The van der Waals surface area contributed by atoms with Crippen LogP contribution in [-0.4, -0.2) is 103 Å². The first-order chi connectivity index (χ1) is 22.6. The number of hydrogen-bond acceptors (Lipinski definition) is 12. The van der Waals surface area contributed by atoms with Crippen molar-refractivity contribution in [3.8, 4) is 0 Å². The standard InChI is InChI=1S/C30H59NO15P2/c1-3-5-6-7-8-9-10-11-12-13-14-15-16-18-24(33)44-22(19-20-31-23(32)17-4-2)21-43-48(41,42)46-30-27(36)25(34)26(35)29(28(30)37)45-47(38,39)40/h22,25-30,34-37H,3-21H2,1-2H3,(H,31,32)(H,41,42)(H2,38,39,40)/t22-,25-,26?,27-,28?,29+,30?/m1/s1. The van der Waals surface area contributed by atoms with Gasteiger partial charge in [-0.3, -0.25) is 23.2 Å². The highest BCUT2D eigenvalue weighted by Gasteiger charge is 2.54. The summed E-state index contributed by atoms with van der Waals surface area (Å²) in [6, 6.07) is 0. The third-order valence-corrected chi connectivity index (χ3v) is 9.54. The Morgan fingerprint density at radius 2 is 1.17 bits per heavy atom. The Labute approximate surface area is 283 Å². The Kier molecular flexibility index (Phi) is 22.7. The van der Waals surface area contributed by atoms with Crippen LogP contribution in [0.4, 0.5) is 0 Å². The summed E-state index contributed by atoms with van der Waals surface area (Å²) in [6.45, 7) is 3.39. The minimum absolute atomic E-state index is 0.0115. The van der Waals surface area contributed by atoms with Crippen molar-refractivity contribution in [2.24, 2.45) is 0 Å². The van der Waals surface area contributed by atoms with Crippen LogP contribution in [-0.2, 0) is 37.0 Å². The van der Waals surface area contributed by atoms with E-state index < -0.39 is 70.9 Å². The zero-order valence-corrected chi connectivity index (χ0v) is 30.1. The normalized spacial score (nSPS) is 24.9. The second kappa shape index (κ2) is 24.2. The average molecular weight is 736 g/mol. The molecule has 4 unspecified atom stereocenters. The van der Waals surface area contributed by atoms with Gasteiger partial charge in [0.25, 0.3) is 0 Å². The van der Waals surface area contributed by atoms with Gasteiger partial charge < -0.3 is 45.2 Å². The maximum Gasteiger partial charge on any atom is 0.472 e. The van der Waals surface area contributed by atoms with Crippen LogP contribution in [0.2, 0.25) is 0 Å². The van der Waals surface area contributed by atoms with Crippen LogP contribution < -0.4 is 5.32 Å². The molecule has 8 N–H and O–H groups in total. The molecule has 16 nitrogen and oxygen atoms in total. The van der Waals surface area contributed by atoms with Gasteiger partial charge in [-0.2, -0.15) is 0 Å². The first kappa shape index (κ1) is 45.0. The lowest BCUT2D eigenvalue weighted by atomic mass is 9.85. The summed E-state index contributed by atoms with van der Waals surface area (Å²) in [5, 5.41) is 43.4. The molecular formula is C30H59NO15P2. The molecule has 1 saturated carbocycles. The van der Waals surface area contributed by atoms with Crippen molar-refractivity contribution in [2.75, 3.05) is 13.2 Å². The molecule has 0 saturated heterocycles. The van der Waals surface area contributed by atoms with Crippen LogP contribution in [0.3, 0.4) is 0 Å². The molecule has 0 aromatic rings. The Bertz CT molecular complexity index is 999. The third-order valence-electron chi connectivity index (χ3n) is 8.03. The van der Waals surface area contributed by atoms with E-state index in [0.29, 0.717) is 12.8 Å². The number of amides is 1. The molecule has 1 aliphatic carbocycles. The summed E-state index contributed by atoms with van der Waals surface area (Å²) in [6.07, 6.45) is 1.44. The fraction of sp³-hybridized carbons (Fsp3) is 0.933. The Morgan fingerprint density at radius 1 is 0.667 bits per heavy atom. The molecule has 8 atom stereocenters. The van der Waals surface area contributed by atoms with E-state index in [1.807, 2.05) is 6.92 Å². The molecule has 1 rings (SSSR count). The van der Waals surface area contributed by atoms with E-state index >= 15 is 0 Å². The number of ether oxygens (including phenoxy) is 1. The largest absolute Gasteiger partial charge is 0.472 e. The molecule has 1 fully saturated rings. The van der Waals surface area contributed by atoms with Gasteiger partial charge in [0.1, 0.15) is 42.7 Å². The summed E-state index contributed by atoms with van der Waals surface area (Å²) in [4.78, 5) is 52.9. The first-order valence-corrected chi connectivity index (χ1v) is 20.2. The molecule has 0 aromatic heterocycles. The Balaban J connectivity index is 2.61. The van der Waals surface area contributed by atoms with E-state index in [1.165, 1.54) is 51.4 Å². The topological polar surface area (TPSA) is 259 Å². The highest BCUT2D eigenvalue weighted by molar-refractivity contribution is 7.47. The Hall–Kier alpha value is -1.00. The fourth-order valence-electron chi connectivity index (χ4n) is 5.35. The van der Waals surface area contributed by atoms with Crippen molar-refractivity contribution >= 4 is 27.5 Å². The average Bonchev–Trinajstić information content (AvgIpc) is 3.01. The van der Waals surface area contributed by atoms with Crippen LogP contribution in [0.5, 0.6) is 0 Å². The van der Waals surface area contributed by atoms with E-state index in [2.05, 4.69) is 16.8 Å². The molecule has 0 bridgehead atoms. The van der Waals surface area contributed by atoms with E-state index in [0.717, 1.165) is 25.7 Å². The molecule has 0 aromatic carbocycles. The lowest BCUT2D eigenvalue weighted by Crippen LogP contribution is -2.64. The summed E-state index contributed by atoms with van der Waals surface area (Å²) in [5.41, 5.74) is 0. The van der Waals surface area contributed by atoms with Crippen molar-refractivity contribution in [1.29, 1.82) is 0 Å². The predicted octanol–water partition coefficient (Wildman–Crippen LogP) is 3.12. The third kappa shape index (κ3) is 19.4. The van der Waals surface area contributed by atoms with Gasteiger partial charge in [0.05, 0.1) is 6.61 Å². The molecule has 1 amide bonds. The first-order valence-electron chi connectivity index (χ1n) is 17.2. The lowest BCUT2D eigenvalue weighted by Gasteiger charge is -2.43. The van der Waals surface area contributed by atoms with Crippen molar-refractivity contribution in [2.45, 2.75) is 166 Å². The van der Waals surface area contributed by atoms with Crippen LogP contribution in [0.1, 0.15) is 123 Å². The van der Waals surface area contributed by atoms with Gasteiger partial charge in [0, 0.05) is 25.8 Å². The molecule has 0 radical (unpaired) electrons. The number of nitrogens with one attached hydrogen (secondary N) is 1. The summed E-state index contributed by atoms with van der Waals surface area (Å²) in [5.74, 6) is -0.812. The molecule has 0 spiro atoms. The van der Waals surface area contributed by atoms with Gasteiger partial charge in [-0.25, -0.2) is 9.13 Å². The number of carbonyl (C=O) groups excluding carboxylic acids is 2. The van der Waals surface area contributed by atoms with Gasteiger partial charge in [-0.1, -0.05) is 90.9 Å². The van der Waals surface area contributed by atoms with Gasteiger partial charge in [-0.05, 0) is 12.8 Å². The number of esters is 1. The second-order valence-electron chi connectivity index (χ2n) is 12.4.